The number of amides is 2. The van der Waals surface area contributed by atoms with E-state index in [1.165, 1.54) is 6.20 Å². The quantitative estimate of drug-likeness (QED) is 0.680. The van der Waals surface area contributed by atoms with Crippen molar-refractivity contribution in [1.29, 1.82) is 0 Å². The van der Waals surface area contributed by atoms with E-state index in [2.05, 4.69) is 10.3 Å². The molecule has 5 N–H and O–H groups in total. The second kappa shape index (κ2) is 7.65. The monoisotopic (exact) mass is 351 g/mol. The van der Waals surface area contributed by atoms with E-state index in [0.29, 0.717) is 17.4 Å². The molecule has 1 aromatic heterocycles. The van der Waals surface area contributed by atoms with Gasteiger partial charge in [0.15, 0.2) is 11.6 Å². The third-order valence-electron chi connectivity index (χ3n) is 3.30. The molecule has 0 unspecified atom stereocenters. The summed E-state index contributed by atoms with van der Waals surface area (Å²) in [4.78, 5) is 26.6. The van der Waals surface area contributed by atoms with Crippen molar-refractivity contribution in [2.45, 2.75) is 13.0 Å². The maximum atomic E-state index is 14.0. The van der Waals surface area contributed by atoms with Gasteiger partial charge in [-0.3, -0.25) is 9.59 Å². The second-order valence-corrected chi connectivity index (χ2v) is 5.10. The van der Waals surface area contributed by atoms with Gasteiger partial charge in [0, 0.05) is 12.7 Å². The summed E-state index contributed by atoms with van der Waals surface area (Å²) < 4.78 is 40.9. The van der Waals surface area contributed by atoms with Crippen LogP contribution in [0.2, 0.25) is 0 Å². The molecule has 0 atom stereocenters. The van der Waals surface area contributed by atoms with Gasteiger partial charge in [0.1, 0.15) is 17.2 Å². The molecule has 1 heterocycles. The van der Waals surface area contributed by atoms with Crippen LogP contribution in [0.3, 0.4) is 0 Å². The van der Waals surface area contributed by atoms with Crippen LogP contribution in [0.4, 0.5) is 19.0 Å². The molecule has 0 aliphatic carbocycles. The smallest absolute Gasteiger partial charge is 0.254 e. The molecular formula is C16H14F3N4O2. The second-order valence-electron chi connectivity index (χ2n) is 5.10. The molecule has 1 radical (unpaired) electrons. The molecule has 0 spiro atoms. The van der Waals surface area contributed by atoms with Crippen molar-refractivity contribution < 1.29 is 22.8 Å². The van der Waals surface area contributed by atoms with Gasteiger partial charge in [-0.05, 0) is 29.7 Å². The van der Waals surface area contributed by atoms with Gasteiger partial charge in [-0.2, -0.15) is 0 Å². The fourth-order valence-electron chi connectivity index (χ4n) is 2.03. The number of primary amides is 1. The van der Waals surface area contributed by atoms with Crippen molar-refractivity contribution in [2.24, 2.45) is 5.73 Å². The minimum absolute atomic E-state index is 0.148. The van der Waals surface area contributed by atoms with Gasteiger partial charge in [-0.15, -0.1) is 0 Å². The highest BCUT2D eigenvalue weighted by Gasteiger charge is 2.22. The molecule has 0 saturated heterocycles. The van der Waals surface area contributed by atoms with Crippen LogP contribution in [0.25, 0.3) is 0 Å². The first kappa shape index (κ1) is 18.2. The molecule has 2 amide bonds. The lowest BCUT2D eigenvalue weighted by Gasteiger charge is -2.09. The molecule has 0 aliphatic heterocycles. The Kier molecular flexibility index (Phi) is 5.58. The van der Waals surface area contributed by atoms with E-state index in [-0.39, 0.29) is 18.5 Å². The number of carbonyl (C=O) groups excluding carboxylic acids is 2. The van der Waals surface area contributed by atoms with E-state index in [1.54, 1.807) is 12.1 Å². The lowest BCUT2D eigenvalue weighted by molar-refractivity contribution is -0.118. The number of rotatable bonds is 6. The van der Waals surface area contributed by atoms with Crippen molar-refractivity contribution in [1.82, 2.24) is 10.3 Å². The molecule has 6 nitrogen and oxygen atoms in total. The molecule has 2 rings (SSSR count). The van der Waals surface area contributed by atoms with Crippen LogP contribution in [0, 0.1) is 23.9 Å². The van der Waals surface area contributed by atoms with E-state index < -0.39 is 34.8 Å². The fourth-order valence-corrected chi connectivity index (χ4v) is 2.03. The number of anilines is 1. The topological polar surface area (TPSA) is 111 Å². The normalized spacial score (nSPS) is 10.5. The van der Waals surface area contributed by atoms with Crippen LogP contribution in [0.15, 0.2) is 24.4 Å². The van der Waals surface area contributed by atoms with Gasteiger partial charge in [0.25, 0.3) is 5.91 Å². The van der Waals surface area contributed by atoms with Crippen LogP contribution in [-0.4, -0.2) is 16.8 Å². The Bertz CT molecular complexity index is 810. The first-order valence-corrected chi connectivity index (χ1v) is 7.07. The van der Waals surface area contributed by atoms with Gasteiger partial charge >= 0.3 is 0 Å². The third kappa shape index (κ3) is 4.46. The summed E-state index contributed by atoms with van der Waals surface area (Å²) in [6, 6.07) is 3.80. The molecule has 0 fully saturated rings. The molecule has 25 heavy (non-hydrogen) atoms. The van der Waals surface area contributed by atoms with Crippen molar-refractivity contribution in [3.8, 4) is 0 Å². The standard InChI is InChI=1S/C16H14F3N4O2/c17-10-5-9(14(18)13(15(10)19)16(21)25)2-4-12(24)23-7-8-1-3-11(20)22-6-8/h1,3-6H,2,7H2,(H2,20,22)(H2,21,25)(H,23,24). The van der Waals surface area contributed by atoms with E-state index in [9.17, 15) is 22.8 Å². The molecular weight excluding hydrogens is 337 g/mol. The van der Waals surface area contributed by atoms with Crippen LogP contribution in [-0.2, 0) is 17.8 Å². The molecule has 1 aromatic carbocycles. The van der Waals surface area contributed by atoms with Gasteiger partial charge < -0.3 is 16.8 Å². The molecule has 0 aliphatic rings. The number of carbonyl (C=O) groups is 2. The Hall–Kier alpha value is -3.10. The molecule has 2 aromatic rings. The summed E-state index contributed by atoms with van der Waals surface area (Å²) in [6.07, 6.45) is 2.16. The number of nitrogen functional groups attached to an aromatic ring is 1. The fraction of sp³-hybridized carbons (Fsp3) is 0.125. The van der Waals surface area contributed by atoms with Crippen LogP contribution in [0.1, 0.15) is 21.5 Å². The van der Waals surface area contributed by atoms with Crippen LogP contribution >= 0.6 is 0 Å². The number of nitrogens with one attached hydrogen (secondary N) is 1. The number of halogens is 3. The Morgan fingerprint density at radius 1 is 1.20 bits per heavy atom. The molecule has 131 valence electrons. The molecule has 0 saturated carbocycles. The maximum Gasteiger partial charge on any atom is 0.254 e. The number of pyridine rings is 1. The average Bonchev–Trinajstić information content (AvgIpc) is 2.56. The van der Waals surface area contributed by atoms with E-state index >= 15 is 0 Å². The van der Waals surface area contributed by atoms with Crippen molar-refractivity contribution in [3.63, 3.8) is 0 Å². The van der Waals surface area contributed by atoms with Gasteiger partial charge in [-0.25, -0.2) is 18.2 Å². The number of hydrogen-bond acceptors (Lipinski definition) is 4. The van der Waals surface area contributed by atoms with E-state index in [4.69, 9.17) is 11.5 Å². The zero-order valence-electron chi connectivity index (χ0n) is 12.9. The number of nitrogens with two attached hydrogens (primary N) is 2. The Morgan fingerprint density at radius 3 is 2.52 bits per heavy atom. The van der Waals surface area contributed by atoms with E-state index in [0.717, 1.165) is 6.42 Å². The lowest BCUT2D eigenvalue weighted by Crippen LogP contribution is -2.24. The SMILES string of the molecule is NC(=O)c1c(F)c(F)cc(C[CH]C(=O)NCc2ccc(N)nc2)c1F. The first-order chi connectivity index (χ1) is 11.8. The highest BCUT2D eigenvalue weighted by atomic mass is 19.2. The molecule has 0 bridgehead atoms. The zero-order chi connectivity index (χ0) is 18.6. The summed E-state index contributed by atoms with van der Waals surface area (Å²) in [6.45, 7) is 0.148. The van der Waals surface area contributed by atoms with Crippen molar-refractivity contribution in [2.75, 3.05) is 5.73 Å². The number of aromatic nitrogens is 1. The summed E-state index contributed by atoms with van der Waals surface area (Å²) in [7, 11) is 0. The average molecular weight is 351 g/mol. The number of hydrogen-bond donors (Lipinski definition) is 3. The predicted molar refractivity (Wildman–Crippen MR) is 83.3 cm³/mol. The van der Waals surface area contributed by atoms with Crippen molar-refractivity contribution >= 4 is 17.6 Å². The lowest BCUT2D eigenvalue weighted by atomic mass is 10.0. The number of nitrogens with zero attached hydrogens (tertiary/aromatic N) is 1. The van der Waals surface area contributed by atoms with Gasteiger partial charge in [-0.1, -0.05) is 6.07 Å². The Morgan fingerprint density at radius 2 is 1.92 bits per heavy atom. The van der Waals surface area contributed by atoms with E-state index in [1.807, 2.05) is 0 Å². The first-order valence-electron chi connectivity index (χ1n) is 7.07. The Balaban J connectivity index is 2.00. The third-order valence-corrected chi connectivity index (χ3v) is 3.30. The summed E-state index contributed by atoms with van der Waals surface area (Å²) in [5.74, 6) is -6.04. The minimum atomic E-state index is -1.66. The summed E-state index contributed by atoms with van der Waals surface area (Å²) in [5.41, 5.74) is 9.43. The van der Waals surface area contributed by atoms with Gasteiger partial charge in [0.2, 0.25) is 5.91 Å². The minimum Gasteiger partial charge on any atom is -0.384 e. The zero-order valence-corrected chi connectivity index (χ0v) is 12.9. The molecule has 9 heteroatoms. The predicted octanol–water partition coefficient (Wildman–Crippen LogP) is 1.24. The highest BCUT2D eigenvalue weighted by Crippen LogP contribution is 2.21. The van der Waals surface area contributed by atoms with Gasteiger partial charge in [0.05, 0.1) is 6.42 Å². The van der Waals surface area contributed by atoms with Crippen LogP contribution in [0.5, 0.6) is 0 Å². The number of benzene rings is 1. The highest BCUT2D eigenvalue weighted by molar-refractivity contribution is 5.93. The summed E-state index contributed by atoms with van der Waals surface area (Å²) in [5, 5.41) is 2.51. The Labute approximate surface area is 141 Å². The maximum absolute atomic E-state index is 14.0. The van der Waals surface area contributed by atoms with Crippen molar-refractivity contribution in [3.05, 3.63) is 65.0 Å². The largest absolute Gasteiger partial charge is 0.384 e. The van der Waals surface area contributed by atoms with Crippen LogP contribution < -0.4 is 16.8 Å². The summed E-state index contributed by atoms with van der Waals surface area (Å²) >= 11 is 0.